The van der Waals surface area contributed by atoms with Gasteiger partial charge in [-0.15, -0.1) is 0 Å². The molecule has 0 saturated carbocycles. The number of nitrogens with one attached hydrogen (secondary N) is 2. The topological polar surface area (TPSA) is 107 Å². The van der Waals surface area contributed by atoms with E-state index >= 15 is 0 Å². The summed E-state index contributed by atoms with van der Waals surface area (Å²) in [7, 11) is 4.43. The van der Waals surface area contributed by atoms with Crippen molar-refractivity contribution in [2.24, 2.45) is 5.10 Å². The van der Waals surface area contributed by atoms with Gasteiger partial charge in [0, 0.05) is 12.5 Å². The lowest BCUT2D eigenvalue weighted by Crippen LogP contribution is -2.26. The average molecular weight is 401 g/mol. The maximum atomic E-state index is 12.0. The first kappa shape index (κ1) is 21.5. The number of carbonyl (C=O) groups is 2. The Morgan fingerprint density at radius 2 is 1.62 bits per heavy atom. The van der Waals surface area contributed by atoms with Crippen LogP contribution in [-0.4, -0.2) is 46.0 Å². The fourth-order valence-electron chi connectivity index (χ4n) is 2.40. The monoisotopic (exact) mass is 401 g/mol. The van der Waals surface area contributed by atoms with Gasteiger partial charge in [0.05, 0.1) is 39.8 Å². The fourth-order valence-corrected chi connectivity index (χ4v) is 2.40. The van der Waals surface area contributed by atoms with Gasteiger partial charge in [0.2, 0.25) is 5.75 Å². The molecule has 0 aliphatic heterocycles. The molecule has 2 aromatic rings. The minimum atomic E-state index is -0.502. The predicted molar refractivity (Wildman–Crippen MR) is 108 cm³/mol. The highest BCUT2D eigenvalue weighted by molar-refractivity contribution is 5.86. The Labute approximate surface area is 168 Å². The van der Waals surface area contributed by atoms with Gasteiger partial charge in [0.25, 0.3) is 5.91 Å². The van der Waals surface area contributed by atoms with Crippen LogP contribution in [0, 0.1) is 0 Å². The van der Waals surface area contributed by atoms with Crippen LogP contribution in [0.15, 0.2) is 41.5 Å². The number of para-hydroxylation sites is 2. The number of benzene rings is 2. The van der Waals surface area contributed by atoms with E-state index in [1.54, 1.807) is 31.4 Å². The number of anilines is 1. The van der Waals surface area contributed by atoms with E-state index in [1.807, 2.05) is 12.1 Å². The Hall–Kier alpha value is -3.75. The highest BCUT2D eigenvalue weighted by atomic mass is 16.6. The molecule has 154 valence electrons. The van der Waals surface area contributed by atoms with Gasteiger partial charge in [-0.2, -0.15) is 5.10 Å². The summed E-state index contributed by atoms with van der Waals surface area (Å²) in [6, 6.07) is 10.5. The van der Waals surface area contributed by atoms with Crippen LogP contribution in [0.3, 0.4) is 0 Å². The van der Waals surface area contributed by atoms with Gasteiger partial charge in [-0.1, -0.05) is 12.1 Å². The molecule has 0 fully saturated rings. The zero-order chi connectivity index (χ0) is 21.2. The molecule has 9 heteroatoms. The lowest BCUT2D eigenvalue weighted by molar-refractivity contribution is -0.132. The second kappa shape index (κ2) is 10.5. The highest BCUT2D eigenvalue weighted by Gasteiger charge is 2.15. The summed E-state index contributed by atoms with van der Waals surface area (Å²) in [6.45, 7) is 1.29. The van der Waals surface area contributed by atoms with Crippen molar-refractivity contribution in [3.8, 4) is 23.0 Å². The van der Waals surface area contributed by atoms with Crippen LogP contribution in [0.25, 0.3) is 0 Å². The van der Waals surface area contributed by atoms with Crippen molar-refractivity contribution in [3.63, 3.8) is 0 Å². The van der Waals surface area contributed by atoms with Gasteiger partial charge < -0.3 is 24.3 Å². The molecule has 0 bridgehead atoms. The number of hydrogen-bond acceptors (Lipinski definition) is 8. The summed E-state index contributed by atoms with van der Waals surface area (Å²) in [5, 5.41) is 6.90. The lowest BCUT2D eigenvalue weighted by atomic mass is 10.2. The molecule has 29 heavy (non-hydrogen) atoms. The van der Waals surface area contributed by atoms with E-state index in [-0.39, 0.29) is 18.2 Å². The van der Waals surface area contributed by atoms with Crippen molar-refractivity contribution in [3.05, 3.63) is 42.0 Å². The lowest BCUT2D eigenvalue weighted by Gasteiger charge is -2.13. The number of rotatable bonds is 9. The zero-order valence-electron chi connectivity index (χ0n) is 16.6. The molecule has 2 aromatic carbocycles. The number of ether oxygens (including phenoxy) is 4. The van der Waals surface area contributed by atoms with E-state index < -0.39 is 5.97 Å². The molecular formula is C20H23N3O6. The van der Waals surface area contributed by atoms with Gasteiger partial charge in [0.15, 0.2) is 11.5 Å². The number of carbonyl (C=O) groups excluding carboxylic acids is 2. The number of esters is 1. The number of hydrazone groups is 1. The van der Waals surface area contributed by atoms with Crippen molar-refractivity contribution >= 4 is 23.8 Å². The molecule has 0 unspecified atom stereocenters. The van der Waals surface area contributed by atoms with Crippen LogP contribution >= 0.6 is 0 Å². The van der Waals surface area contributed by atoms with E-state index in [9.17, 15) is 9.59 Å². The van der Waals surface area contributed by atoms with Crippen LogP contribution in [0.2, 0.25) is 0 Å². The molecule has 0 heterocycles. The molecule has 9 nitrogen and oxygen atoms in total. The Bertz CT molecular complexity index is 873. The normalized spacial score (nSPS) is 10.3. The van der Waals surface area contributed by atoms with Crippen molar-refractivity contribution in [2.45, 2.75) is 6.92 Å². The average Bonchev–Trinajstić information content (AvgIpc) is 2.72. The molecule has 2 N–H and O–H groups in total. The predicted octanol–water partition coefficient (Wildman–Crippen LogP) is 2.20. The van der Waals surface area contributed by atoms with Crippen LogP contribution in [0.5, 0.6) is 23.0 Å². The molecular weight excluding hydrogens is 378 g/mol. The molecule has 2 rings (SSSR count). The molecule has 0 saturated heterocycles. The fraction of sp³-hybridized carbons (Fsp3) is 0.250. The van der Waals surface area contributed by atoms with Crippen LogP contribution in [0.1, 0.15) is 12.5 Å². The maximum Gasteiger partial charge on any atom is 0.308 e. The van der Waals surface area contributed by atoms with Gasteiger partial charge in [-0.05, 0) is 24.3 Å². The Morgan fingerprint density at radius 1 is 1.00 bits per heavy atom. The zero-order valence-corrected chi connectivity index (χ0v) is 16.6. The Balaban J connectivity index is 2.02. The summed E-state index contributed by atoms with van der Waals surface area (Å²) >= 11 is 0. The standard InChI is InChI=1S/C20H23N3O6/c1-13(24)29-20-17(27-3)9-14(10-18(20)28-4)11-22-23-19(25)12-21-15-7-5-6-8-16(15)26-2/h5-11,21H,12H2,1-4H3,(H,23,25)/b22-11-. The number of hydrogen-bond donors (Lipinski definition) is 2. The summed E-state index contributed by atoms with van der Waals surface area (Å²) in [5.41, 5.74) is 3.70. The minimum absolute atomic E-state index is 0.00967. The highest BCUT2D eigenvalue weighted by Crippen LogP contribution is 2.38. The van der Waals surface area contributed by atoms with Gasteiger partial charge in [0.1, 0.15) is 5.75 Å². The third-order valence-electron chi connectivity index (χ3n) is 3.68. The molecule has 0 atom stereocenters. The third-order valence-corrected chi connectivity index (χ3v) is 3.68. The molecule has 0 aromatic heterocycles. The minimum Gasteiger partial charge on any atom is -0.495 e. The molecule has 0 aliphatic carbocycles. The summed E-state index contributed by atoms with van der Waals surface area (Å²) < 4.78 is 20.8. The Morgan fingerprint density at radius 3 is 2.21 bits per heavy atom. The van der Waals surface area contributed by atoms with Crippen molar-refractivity contribution in [1.82, 2.24) is 5.43 Å². The summed E-state index contributed by atoms with van der Waals surface area (Å²) in [4.78, 5) is 23.3. The smallest absolute Gasteiger partial charge is 0.308 e. The van der Waals surface area contributed by atoms with Gasteiger partial charge >= 0.3 is 5.97 Å². The summed E-state index contributed by atoms with van der Waals surface area (Å²) in [5.74, 6) is 0.552. The Kier molecular flexibility index (Phi) is 7.84. The van der Waals surface area contributed by atoms with E-state index in [4.69, 9.17) is 18.9 Å². The van der Waals surface area contributed by atoms with Crippen LogP contribution in [0.4, 0.5) is 5.69 Å². The molecule has 0 aliphatic rings. The maximum absolute atomic E-state index is 12.0. The van der Waals surface area contributed by atoms with Crippen LogP contribution < -0.4 is 29.7 Å². The second-order valence-corrected chi connectivity index (χ2v) is 5.70. The van der Waals surface area contributed by atoms with E-state index in [1.165, 1.54) is 27.4 Å². The SMILES string of the molecule is COc1ccccc1NCC(=O)N/N=C\c1cc(OC)c(OC(C)=O)c(OC)c1. The van der Waals surface area contributed by atoms with E-state index in [2.05, 4.69) is 15.8 Å². The first-order valence-corrected chi connectivity index (χ1v) is 8.61. The number of amides is 1. The number of nitrogens with zero attached hydrogens (tertiary/aromatic N) is 1. The third kappa shape index (κ3) is 6.13. The van der Waals surface area contributed by atoms with Crippen molar-refractivity contribution < 1.29 is 28.5 Å². The first-order chi connectivity index (χ1) is 14.0. The summed E-state index contributed by atoms with van der Waals surface area (Å²) in [6.07, 6.45) is 1.42. The second-order valence-electron chi connectivity index (χ2n) is 5.70. The largest absolute Gasteiger partial charge is 0.495 e. The van der Waals surface area contributed by atoms with E-state index in [0.717, 1.165) is 0 Å². The quantitative estimate of drug-likeness (QED) is 0.287. The first-order valence-electron chi connectivity index (χ1n) is 8.61. The molecule has 1 amide bonds. The number of methoxy groups -OCH3 is 3. The molecule has 0 radical (unpaired) electrons. The van der Waals surface area contributed by atoms with Crippen molar-refractivity contribution in [2.75, 3.05) is 33.2 Å². The molecule has 0 spiro atoms. The van der Waals surface area contributed by atoms with E-state index in [0.29, 0.717) is 28.5 Å². The van der Waals surface area contributed by atoms with Crippen LogP contribution in [-0.2, 0) is 9.59 Å². The van der Waals surface area contributed by atoms with Crippen molar-refractivity contribution in [1.29, 1.82) is 0 Å². The van der Waals surface area contributed by atoms with Gasteiger partial charge in [-0.25, -0.2) is 5.43 Å². The van der Waals surface area contributed by atoms with Gasteiger partial charge in [-0.3, -0.25) is 9.59 Å².